The lowest BCUT2D eigenvalue weighted by atomic mass is 10.1. The average molecular weight is 308 g/mol. The van der Waals surface area contributed by atoms with Crippen LogP contribution in [0.4, 0.5) is 0 Å². The molecule has 0 amide bonds. The number of benzene rings is 1. The number of quaternary nitrogens is 2. The maximum Gasteiger partial charge on any atom is 0.137 e. The lowest BCUT2D eigenvalue weighted by Crippen LogP contribution is -3.28. The van der Waals surface area contributed by atoms with Crippen molar-refractivity contribution in [3.8, 4) is 5.75 Å². The highest BCUT2D eigenvalue weighted by Crippen LogP contribution is 2.24. The average Bonchev–Trinajstić information content (AvgIpc) is 2.47. The molecule has 1 fully saturated rings. The first-order valence-corrected chi connectivity index (χ1v) is 8.55. The van der Waals surface area contributed by atoms with E-state index < -0.39 is 6.10 Å². The van der Waals surface area contributed by atoms with Gasteiger partial charge in [-0.2, -0.15) is 0 Å². The monoisotopic (exact) mass is 308 g/mol. The van der Waals surface area contributed by atoms with Gasteiger partial charge < -0.3 is 19.6 Å². The standard InChI is InChI=1S/C18H30N2O2/c1-5-19-6-8-20(9-7-19)12-17(21)13-22-18-15(3)10-14(2)11-16(18)4/h10-11,17,21H,5-9,12-13H2,1-4H3/p+2. The van der Waals surface area contributed by atoms with Gasteiger partial charge in [0.2, 0.25) is 0 Å². The van der Waals surface area contributed by atoms with Crippen molar-refractivity contribution in [1.29, 1.82) is 0 Å². The van der Waals surface area contributed by atoms with Crippen LogP contribution in [-0.2, 0) is 0 Å². The second-order valence-electron chi connectivity index (χ2n) is 6.75. The molecule has 4 nitrogen and oxygen atoms in total. The largest absolute Gasteiger partial charge is 0.490 e. The number of aliphatic hydroxyl groups is 1. The van der Waals surface area contributed by atoms with E-state index in [1.165, 1.54) is 30.1 Å². The number of hydrogen-bond donors (Lipinski definition) is 3. The molecule has 1 aromatic rings. The van der Waals surface area contributed by atoms with Gasteiger partial charge in [-0.15, -0.1) is 0 Å². The summed E-state index contributed by atoms with van der Waals surface area (Å²) in [4.78, 5) is 3.19. The minimum atomic E-state index is -0.390. The van der Waals surface area contributed by atoms with Crippen LogP contribution in [-0.4, -0.2) is 57.1 Å². The summed E-state index contributed by atoms with van der Waals surface area (Å²) in [5.74, 6) is 0.930. The fourth-order valence-electron chi connectivity index (χ4n) is 3.48. The maximum atomic E-state index is 10.3. The Balaban J connectivity index is 1.80. The topological polar surface area (TPSA) is 38.3 Å². The molecule has 3 N–H and O–H groups in total. The first-order chi connectivity index (χ1) is 10.5. The van der Waals surface area contributed by atoms with E-state index in [1.807, 2.05) is 0 Å². The van der Waals surface area contributed by atoms with Crippen LogP contribution in [0.1, 0.15) is 23.6 Å². The molecule has 1 saturated heterocycles. The van der Waals surface area contributed by atoms with E-state index in [0.717, 1.165) is 36.5 Å². The number of ether oxygens (including phenoxy) is 1. The Kier molecular flexibility index (Phi) is 6.24. The van der Waals surface area contributed by atoms with Crippen molar-refractivity contribution in [2.45, 2.75) is 33.8 Å². The third-order valence-corrected chi connectivity index (χ3v) is 4.71. The smallest absolute Gasteiger partial charge is 0.137 e. The molecular formula is C18H32N2O2+2. The van der Waals surface area contributed by atoms with Crippen molar-refractivity contribution in [2.75, 3.05) is 45.9 Å². The van der Waals surface area contributed by atoms with E-state index in [2.05, 4.69) is 39.8 Å². The van der Waals surface area contributed by atoms with E-state index in [4.69, 9.17) is 4.74 Å². The van der Waals surface area contributed by atoms with Gasteiger partial charge in [0.05, 0.1) is 6.54 Å². The second-order valence-corrected chi connectivity index (χ2v) is 6.75. The van der Waals surface area contributed by atoms with Crippen LogP contribution in [0.15, 0.2) is 12.1 Å². The summed E-state index contributed by atoms with van der Waals surface area (Å²) in [7, 11) is 0. The Labute approximate surface area is 134 Å². The van der Waals surface area contributed by atoms with Crippen LogP contribution >= 0.6 is 0 Å². The molecule has 1 unspecified atom stereocenters. The normalized spacial score (nSPS) is 23.3. The summed E-state index contributed by atoms with van der Waals surface area (Å²) in [5, 5.41) is 10.3. The summed E-state index contributed by atoms with van der Waals surface area (Å²) >= 11 is 0. The number of rotatable bonds is 6. The molecule has 1 aromatic carbocycles. The van der Waals surface area contributed by atoms with Crippen molar-refractivity contribution in [3.63, 3.8) is 0 Å². The van der Waals surface area contributed by atoms with Crippen LogP contribution in [0.2, 0.25) is 0 Å². The summed E-state index contributed by atoms with van der Waals surface area (Å²) < 4.78 is 5.90. The first-order valence-electron chi connectivity index (χ1n) is 8.55. The number of aliphatic hydroxyl groups excluding tert-OH is 1. The molecule has 0 spiro atoms. The SMILES string of the molecule is CC[NH+]1CC[NH+](CC(O)COc2c(C)cc(C)cc2C)CC1. The molecule has 0 aromatic heterocycles. The fourth-order valence-corrected chi connectivity index (χ4v) is 3.48. The van der Waals surface area contributed by atoms with E-state index in [1.54, 1.807) is 4.90 Å². The summed E-state index contributed by atoms with van der Waals surface area (Å²) in [6.45, 7) is 15.6. The van der Waals surface area contributed by atoms with Crippen LogP contribution in [0.25, 0.3) is 0 Å². The first kappa shape index (κ1) is 17.3. The number of aryl methyl sites for hydroxylation is 3. The van der Waals surface area contributed by atoms with Crippen LogP contribution in [0.5, 0.6) is 5.75 Å². The third kappa shape index (κ3) is 4.70. The van der Waals surface area contributed by atoms with Gasteiger partial charge in [-0.1, -0.05) is 17.7 Å². The van der Waals surface area contributed by atoms with E-state index >= 15 is 0 Å². The number of nitrogens with one attached hydrogen (secondary N) is 2. The van der Waals surface area contributed by atoms with Gasteiger partial charge in [0.1, 0.15) is 51.2 Å². The Hall–Kier alpha value is -1.10. The highest BCUT2D eigenvalue weighted by atomic mass is 16.5. The quantitative estimate of drug-likeness (QED) is 0.641. The maximum absolute atomic E-state index is 10.3. The Morgan fingerprint density at radius 3 is 2.14 bits per heavy atom. The molecule has 124 valence electrons. The number of hydrogen-bond acceptors (Lipinski definition) is 2. The van der Waals surface area contributed by atoms with Crippen molar-refractivity contribution < 1.29 is 19.6 Å². The molecule has 1 heterocycles. The molecule has 0 bridgehead atoms. The summed E-state index contributed by atoms with van der Waals surface area (Å²) in [5.41, 5.74) is 3.55. The molecule has 4 heteroatoms. The Morgan fingerprint density at radius 1 is 1.05 bits per heavy atom. The second kappa shape index (κ2) is 7.95. The zero-order valence-electron chi connectivity index (χ0n) is 14.5. The highest BCUT2D eigenvalue weighted by Gasteiger charge is 2.24. The number of likely N-dealkylation sites (N-methyl/N-ethyl adjacent to an activating group) is 1. The molecule has 2 rings (SSSR count). The van der Waals surface area contributed by atoms with Gasteiger partial charge in [0.25, 0.3) is 0 Å². The third-order valence-electron chi connectivity index (χ3n) is 4.71. The zero-order valence-corrected chi connectivity index (χ0v) is 14.5. The van der Waals surface area contributed by atoms with Gasteiger partial charge in [-0.25, -0.2) is 0 Å². The highest BCUT2D eigenvalue weighted by molar-refractivity contribution is 5.42. The lowest BCUT2D eigenvalue weighted by Gasteiger charge is -2.30. The van der Waals surface area contributed by atoms with Crippen molar-refractivity contribution in [3.05, 3.63) is 28.8 Å². The molecule has 0 aliphatic carbocycles. The summed E-state index contributed by atoms with van der Waals surface area (Å²) in [6.07, 6.45) is -0.390. The van der Waals surface area contributed by atoms with Gasteiger partial charge in [0, 0.05) is 0 Å². The van der Waals surface area contributed by atoms with Gasteiger partial charge in [0.15, 0.2) is 0 Å². The van der Waals surface area contributed by atoms with Crippen molar-refractivity contribution in [2.24, 2.45) is 0 Å². The van der Waals surface area contributed by atoms with Crippen molar-refractivity contribution in [1.82, 2.24) is 0 Å². The van der Waals surface area contributed by atoms with Crippen LogP contribution in [0, 0.1) is 20.8 Å². The lowest BCUT2D eigenvalue weighted by molar-refractivity contribution is -1.01. The fraction of sp³-hybridized carbons (Fsp3) is 0.667. The molecule has 1 aliphatic rings. The van der Waals surface area contributed by atoms with Gasteiger partial charge in [-0.05, 0) is 38.8 Å². The molecular weight excluding hydrogens is 276 g/mol. The molecule has 1 aliphatic heterocycles. The van der Waals surface area contributed by atoms with E-state index in [-0.39, 0.29) is 0 Å². The van der Waals surface area contributed by atoms with Crippen molar-refractivity contribution >= 4 is 0 Å². The minimum Gasteiger partial charge on any atom is -0.490 e. The Bertz CT molecular complexity index is 459. The number of piperazine rings is 1. The minimum absolute atomic E-state index is 0.387. The zero-order chi connectivity index (χ0) is 16.1. The van der Waals surface area contributed by atoms with Crippen LogP contribution < -0.4 is 14.5 Å². The van der Waals surface area contributed by atoms with E-state index in [0.29, 0.717) is 6.61 Å². The van der Waals surface area contributed by atoms with Gasteiger partial charge in [-0.3, -0.25) is 0 Å². The van der Waals surface area contributed by atoms with Gasteiger partial charge >= 0.3 is 0 Å². The predicted molar refractivity (Wildman–Crippen MR) is 89.0 cm³/mol. The van der Waals surface area contributed by atoms with E-state index in [9.17, 15) is 5.11 Å². The molecule has 1 atom stereocenters. The predicted octanol–water partition coefficient (Wildman–Crippen LogP) is -0.845. The summed E-state index contributed by atoms with van der Waals surface area (Å²) in [6, 6.07) is 4.26. The Morgan fingerprint density at radius 2 is 1.59 bits per heavy atom. The molecule has 0 saturated carbocycles. The molecule has 0 radical (unpaired) electrons. The van der Waals surface area contributed by atoms with Crippen LogP contribution in [0.3, 0.4) is 0 Å². The molecule has 22 heavy (non-hydrogen) atoms.